The molecule has 20 heavy (non-hydrogen) atoms. The summed E-state index contributed by atoms with van der Waals surface area (Å²) in [4.78, 5) is 25.7. The first-order valence-electron chi connectivity index (χ1n) is 6.61. The van der Waals surface area contributed by atoms with Gasteiger partial charge in [-0.1, -0.05) is 19.1 Å². The zero-order valence-corrected chi connectivity index (χ0v) is 11.9. The van der Waals surface area contributed by atoms with Crippen molar-refractivity contribution in [3.05, 3.63) is 29.3 Å². The third-order valence-electron chi connectivity index (χ3n) is 3.87. The van der Waals surface area contributed by atoms with Crippen LogP contribution in [0.3, 0.4) is 0 Å². The number of carbonyl (C=O) groups is 2. The fourth-order valence-corrected chi connectivity index (χ4v) is 2.59. The van der Waals surface area contributed by atoms with E-state index in [-0.39, 0.29) is 35.0 Å². The number of amides is 1. The van der Waals surface area contributed by atoms with Crippen molar-refractivity contribution in [2.45, 2.75) is 13.8 Å². The first kappa shape index (κ1) is 14.4. The highest BCUT2D eigenvalue weighted by Crippen LogP contribution is 2.28. The van der Waals surface area contributed by atoms with Gasteiger partial charge in [-0.3, -0.25) is 9.59 Å². The molecule has 0 radical (unpaired) electrons. The minimum atomic E-state index is -0.295. The first-order valence-corrected chi connectivity index (χ1v) is 6.61. The topological polar surface area (TPSA) is 66.8 Å². The predicted octanol–water partition coefficient (Wildman–Crippen LogP) is 1.58. The number of hydrogen-bond donors (Lipinski definition) is 1. The Bertz CT molecular complexity index is 541. The monoisotopic (exact) mass is 277 g/mol. The molecular formula is C15H19NO4. The molecule has 1 saturated heterocycles. The van der Waals surface area contributed by atoms with Gasteiger partial charge in [0.25, 0.3) is 5.91 Å². The van der Waals surface area contributed by atoms with Gasteiger partial charge in [0.2, 0.25) is 0 Å². The molecule has 0 spiro atoms. The predicted molar refractivity (Wildman–Crippen MR) is 73.4 cm³/mol. The Morgan fingerprint density at radius 1 is 1.35 bits per heavy atom. The van der Waals surface area contributed by atoms with Crippen LogP contribution in [-0.4, -0.2) is 42.1 Å². The second-order valence-electron chi connectivity index (χ2n) is 5.29. The lowest BCUT2D eigenvalue weighted by atomic mass is 9.99. The number of carbonyl (C=O) groups excluding carboxylic acids is 2. The number of hydrogen-bond acceptors (Lipinski definition) is 4. The highest BCUT2D eigenvalue weighted by molar-refractivity contribution is 5.97. The van der Waals surface area contributed by atoms with Crippen molar-refractivity contribution in [2.24, 2.45) is 11.8 Å². The number of para-hydroxylation sites is 1. The van der Waals surface area contributed by atoms with E-state index in [0.717, 1.165) is 0 Å². The number of aromatic hydroxyl groups is 1. The van der Waals surface area contributed by atoms with E-state index in [1.165, 1.54) is 7.11 Å². The summed E-state index contributed by atoms with van der Waals surface area (Å²) in [5, 5.41) is 9.98. The molecule has 1 amide bonds. The van der Waals surface area contributed by atoms with Crippen LogP contribution >= 0.6 is 0 Å². The molecule has 5 nitrogen and oxygen atoms in total. The zero-order chi connectivity index (χ0) is 14.9. The standard InChI is InChI=1S/C15H19NO4/c1-9-5-4-6-11(13(9)17)14(18)16-7-10(2)12(8-16)15(19)20-3/h4-6,10,12,17H,7-8H2,1-3H3. The van der Waals surface area contributed by atoms with Crippen molar-refractivity contribution < 1.29 is 19.4 Å². The normalized spacial score (nSPS) is 21.9. The van der Waals surface area contributed by atoms with Crippen LogP contribution in [0.2, 0.25) is 0 Å². The molecule has 1 N–H and O–H groups in total. The lowest BCUT2D eigenvalue weighted by molar-refractivity contribution is -0.146. The van der Waals surface area contributed by atoms with Gasteiger partial charge in [-0.25, -0.2) is 0 Å². The summed E-state index contributed by atoms with van der Waals surface area (Å²) in [7, 11) is 1.35. The first-order chi connectivity index (χ1) is 9.45. The lowest BCUT2D eigenvalue weighted by Gasteiger charge is -2.17. The molecular weight excluding hydrogens is 258 g/mol. The van der Waals surface area contributed by atoms with Gasteiger partial charge >= 0.3 is 5.97 Å². The molecule has 108 valence electrons. The number of aryl methyl sites for hydroxylation is 1. The molecule has 0 saturated carbocycles. The number of ether oxygens (including phenoxy) is 1. The number of benzene rings is 1. The van der Waals surface area contributed by atoms with Gasteiger partial charge in [0, 0.05) is 13.1 Å². The van der Waals surface area contributed by atoms with Crippen LogP contribution in [0.4, 0.5) is 0 Å². The Labute approximate surface area is 118 Å². The summed E-state index contributed by atoms with van der Waals surface area (Å²) in [5.74, 6) is -0.772. The van der Waals surface area contributed by atoms with Crippen molar-refractivity contribution >= 4 is 11.9 Å². The van der Waals surface area contributed by atoms with E-state index < -0.39 is 0 Å². The molecule has 5 heteroatoms. The van der Waals surface area contributed by atoms with Crippen molar-refractivity contribution in [1.29, 1.82) is 0 Å². The molecule has 1 aromatic rings. The maximum atomic E-state index is 12.4. The molecule has 0 aliphatic carbocycles. The van der Waals surface area contributed by atoms with E-state index >= 15 is 0 Å². The molecule has 2 atom stereocenters. The van der Waals surface area contributed by atoms with Crippen molar-refractivity contribution in [3.63, 3.8) is 0 Å². The van der Waals surface area contributed by atoms with Crippen LogP contribution < -0.4 is 0 Å². The molecule has 1 fully saturated rings. The fraction of sp³-hybridized carbons (Fsp3) is 0.467. The van der Waals surface area contributed by atoms with E-state index in [1.807, 2.05) is 6.92 Å². The summed E-state index contributed by atoms with van der Waals surface area (Å²) >= 11 is 0. The Morgan fingerprint density at radius 3 is 2.70 bits per heavy atom. The number of likely N-dealkylation sites (tertiary alicyclic amines) is 1. The van der Waals surface area contributed by atoms with Crippen LogP contribution in [0.25, 0.3) is 0 Å². The van der Waals surface area contributed by atoms with Crippen molar-refractivity contribution in [2.75, 3.05) is 20.2 Å². The van der Waals surface area contributed by atoms with Gasteiger partial charge in [0.05, 0.1) is 18.6 Å². The van der Waals surface area contributed by atoms with E-state index in [0.29, 0.717) is 18.7 Å². The average Bonchev–Trinajstić information content (AvgIpc) is 2.82. The summed E-state index contributed by atoms with van der Waals surface area (Å²) in [6, 6.07) is 5.08. The summed E-state index contributed by atoms with van der Waals surface area (Å²) < 4.78 is 4.75. The Morgan fingerprint density at radius 2 is 2.05 bits per heavy atom. The van der Waals surface area contributed by atoms with E-state index in [4.69, 9.17) is 4.74 Å². The van der Waals surface area contributed by atoms with E-state index in [2.05, 4.69) is 0 Å². The number of phenols is 1. The van der Waals surface area contributed by atoms with Gasteiger partial charge in [-0.05, 0) is 24.5 Å². The second kappa shape index (κ2) is 5.53. The fourth-order valence-electron chi connectivity index (χ4n) is 2.59. The van der Waals surface area contributed by atoms with Crippen molar-refractivity contribution in [1.82, 2.24) is 4.90 Å². The van der Waals surface area contributed by atoms with Crippen LogP contribution in [-0.2, 0) is 9.53 Å². The Balaban J connectivity index is 2.19. The molecule has 0 bridgehead atoms. The van der Waals surface area contributed by atoms with Crippen LogP contribution in [0, 0.1) is 18.8 Å². The maximum absolute atomic E-state index is 12.4. The third kappa shape index (κ3) is 2.48. The second-order valence-corrected chi connectivity index (χ2v) is 5.29. The largest absolute Gasteiger partial charge is 0.507 e. The van der Waals surface area contributed by atoms with Gasteiger partial charge in [0.1, 0.15) is 5.75 Å². The molecule has 1 aliphatic rings. The summed E-state index contributed by atoms with van der Waals surface area (Å²) in [6.07, 6.45) is 0. The van der Waals surface area contributed by atoms with Gasteiger partial charge < -0.3 is 14.7 Å². The summed E-state index contributed by atoms with van der Waals surface area (Å²) in [6.45, 7) is 4.49. The molecule has 2 unspecified atom stereocenters. The third-order valence-corrected chi connectivity index (χ3v) is 3.87. The number of nitrogens with zero attached hydrogens (tertiary/aromatic N) is 1. The molecule has 1 aliphatic heterocycles. The minimum Gasteiger partial charge on any atom is -0.507 e. The van der Waals surface area contributed by atoms with Crippen LogP contribution in [0.1, 0.15) is 22.8 Å². The van der Waals surface area contributed by atoms with Gasteiger partial charge in [-0.2, -0.15) is 0 Å². The number of methoxy groups -OCH3 is 1. The SMILES string of the molecule is COC(=O)C1CN(C(=O)c2cccc(C)c2O)CC1C. The van der Waals surface area contributed by atoms with Gasteiger partial charge in [-0.15, -0.1) is 0 Å². The minimum absolute atomic E-state index is 0.00618. The van der Waals surface area contributed by atoms with E-state index in [1.54, 1.807) is 30.0 Å². The smallest absolute Gasteiger partial charge is 0.310 e. The Kier molecular flexibility index (Phi) is 3.97. The molecule has 1 aromatic carbocycles. The highest BCUT2D eigenvalue weighted by atomic mass is 16.5. The van der Waals surface area contributed by atoms with Crippen LogP contribution in [0.5, 0.6) is 5.75 Å². The maximum Gasteiger partial charge on any atom is 0.310 e. The number of phenolic OH excluding ortho intramolecular Hbond substituents is 1. The van der Waals surface area contributed by atoms with Crippen LogP contribution in [0.15, 0.2) is 18.2 Å². The quantitative estimate of drug-likeness (QED) is 0.833. The molecule has 1 heterocycles. The highest BCUT2D eigenvalue weighted by Gasteiger charge is 2.38. The molecule has 2 rings (SSSR count). The van der Waals surface area contributed by atoms with Crippen molar-refractivity contribution in [3.8, 4) is 5.75 Å². The zero-order valence-electron chi connectivity index (χ0n) is 11.9. The summed E-state index contributed by atoms with van der Waals surface area (Å²) in [5.41, 5.74) is 0.940. The average molecular weight is 277 g/mol. The van der Waals surface area contributed by atoms with E-state index in [9.17, 15) is 14.7 Å². The molecule has 0 aromatic heterocycles. The number of esters is 1. The number of rotatable bonds is 2. The van der Waals surface area contributed by atoms with Gasteiger partial charge in [0.15, 0.2) is 0 Å². The Hall–Kier alpha value is -2.04. The lowest BCUT2D eigenvalue weighted by Crippen LogP contribution is -2.30.